The largest absolute Gasteiger partial charge is 0.367 e. The summed E-state index contributed by atoms with van der Waals surface area (Å²) in [5, 5.41) is 4.72. The van der Waals surface area contributed by atoms with Crippen molar-refractivity contribution >= 4 is 32.4 Å². The van der Waals surface area contributed by atoms with E-state index >= 15 is 0 Å². The summed E-state index contributed by atoms with van der Waals surface area (Å²) in [6.07, 6.45) is 1.67. The maximum absolute atomic E-state index is 13.8. The first kappa shape index (κ1) is 15.9. The van der Waals surface area contributed by atoms with Crippen molar-refractivity contribution in [2.45, 2.75) is 0 Å². The summed E-state index contributed by atoms with van der Waals surface area (Å²) in [5.41, 5.74) is 0.850. The number of piperazine rings is 1. The van der Waals surface area contributed by atoms with Gasteiger partial charge in [0.25, 0.3) is 5.56 Å². The van der Waals surface area contributed by atoms with Crippen molar-refractivity contribution in [3.05, 3.63) is 46.4 Å². The van der Waals surface area contributed by atoms with Crippen LogP contribution in [0, 0.1) is 11.6 Å². The van der Waals surface area contributed by atoms with Crippen molar-refractivity contribution in [3.8, 4) is 0 Å². The number of benzene rings is 1. The molecule has 0 atom stereocenters. The highest BCUT2D eigenvalue weighted by atomic mass is 32.1. The molecule has 0 amide bonds. The summed E-state index contributed by atoms with van der Waals surface area (Å²) >= 11 is 1.28. The van der Waals surface area contributed by atoms with E-state index in [-0.39, 0.29) is 11.1 Å². The van der Waals surface area contributed by atoms with Crippen molar-refractivity contribution in [2.24, 2.45) is 7.05 Å². The monoisotopic (exact) mass is 363 g/mol. The molecule has 1 aromatic carbocycles. The molecule has 0 bridgehead atoms. The van der Waals surface area contributed by atoms with Crippen LogP contribution in [0.15, 0.2) is 29.2 Å². The molecule has 9 heteroatoms. The first-order valence-electron chi connectivity index (χ1n) is 7.80. The molecule has 1 aliphatic rings. The average Bonchev–Trinajstić information content (AvgIpc) is 3.02. The summed E-state index contributed by atoms with van der Waals surface area (Å²) in [6, 6.07) is 3.73. The molecule has 3 heterocycles. The van der Waals surface area contributed by atoms with Gasteiger partial charge < -0.3 is 9.80 Å². The Hall–Kier alpha value is -2.55. The number of aryl methyl sites for hydroxylation is 1. The summed E-state index contributed by atoms with van der Waals surface area (Å²) in [7, 11) is 1.61. The predicted molar refractivity (Wildman–Crippen MR) is 93.4 cm³/mol. The molecule has 4 rings (SSSR count). The summed E-state index contributed by atoms with van der Waals surface area (Å²) in [5.74, 6) is -1.23. The Morgan fingerprint density at radius 3 is 2.52 bits per heavy atom. The van der Waals surface area contributed by atoms with E-state index in [0.717, 1.165) is 11.8 Å². The number of thiazole rings is 1. The molecular weight excluding hydrogens is 348 g/mol. The molecule has 0 aliphatic carbocycles. The molecule has 25 heavy (non-hydrogen) atoms. The SMILES string of the molecule is Cn1ncc(N2CCN(c3nc4c(F)cc(F)cc4s3)CC2)cc1=O. The Balaban J connectivity index is 1.52. The second-order valence-corrected chi connectivity index (χ2v) is 6.89. The van der Waals surface area contributed by atoms with Gasteiger partial charge in [-0.2, -0.15) is 5.10 Å². The van der Waals surface area contributed by atoms with Gasteiger partial charge in [-0.1, -0.05) is 11.3 Å². The second-order valence-electron chi connectivity index (χ2n) is 5.88. The first-order valence-corrected chi connectivity index (χ1v) is 8.62. The molecule has 0 radical (unpaired) electrons. The molecule has 0 unspecified atom stereocenters. The number of rotatable bonds is 2. The maximum Gasteiger partial charge on any atom is 0.268 e. The van der Waals surface area contributed by atoms with Gasteiger partial charge in [-0.25, -0.2) is 18.4 Å². The lowest BCUT2D eigenvalue weighted by Gasteiger charge is -2.35. The van der Waals surface area contributed by atoms with Crippen molar-refractivity contribution < 1.29 is 8.78 Å². The topological polar surface area (TPSA) is 54.3 Å². The fourth-order valence-electron chi connectivity index (χ4n) is 2.87. The smallest absolute Gasteiger partial charge is 0.268 e. The molecule has 1 saturated heterocycles. The van der Waals surface area contributed by atoms with E-state index in [1.54, 1.807) is 19.3 Å². The van der Waals surface area contributed by atoms with Crippen LogP contribution >= 0.6 is 11.3 Å². The van der Waals surface area contributed by atoms with Crippen LogP contribution in [0.5, 0.6) is 0 Å². The van der Waals surface area contributed by atoms with Gasteiger partial charge in [0.15, 0.2) is 10.9 Å². The van der Waals surface area contributed by atoms with Crippen LogP contribution in [0.25, 0.3) is 10.2 Å². The average molecular weight is 363 g/mol. The second kappa shape index (κ2) is 6.07. The zero-order valence-electron chi connectivity index (χ0n) is 13.4. The molecule has 6 nitrogen and oxygen atoms in total. The van der Waals surface area contributed by atoms with E-state index in [0.29, 0.717) is 36.0 Å². The van der Waals surface area contributed by atoms with E-state index in [4.69, 9.17) is 0 Å². The third-order valence-corrected chi connectivity index (χ3v) is 5.33. The Kier molecular flexibility index (Phi) is 3.87. The van der Waals surface area contributed by atoms with Crippen LogP contribution in [0.1, 0.15) is 0 Å². The van der Waals surface area contributed by atoms with Gasteiger partial charge in [-0.3, -0.25) is 4.79 Å². The number of hydrogen-bond donors (Lipinski definition) is 0. The van der Waals surface area contributed by atoms with Gasteiger partial charge >= 0.3 is 0 Å². The minimum Gasteiger partial charge on any atom is -0.367 e. The van der Waals surface area contributed by atoms with E-state index in [1.165, 1.54) is 22.1 Å². The maximum atomic E-state index is 13.8. The van der Waals surface area contributed by atoms with Crippen LogP contribution < -0.4 is 15.4 Å². The van der Waals surface area contributed by atoms with Gasteiger partial charge in [-0.05, 0) is 6.07 Å². The number of nitrogens with zero attached hydrogens (tertiary/aromatic N) is 5. The molecule has 0 spiro atoms. The van der Waals surface area contributed by atoms with E-state index in [1.807, 2.05) is 4.90 Å². The van der Waals surface area contributed by atoms with E-state index in [9.17, 15) is 13.6 Å². The molecule has 0 saturated carbocycles. The lowest BCUT2D eigenvalue weighted by molar-refractivity contribution is 0.591. The minimum absolute atomic E-state index is 0.149. The fourth-order valence-corrected chi connectivity index (χ4v) is 3.93. The normalized spacial score (nSPS) is 15.2. The summed E-state index contributed by atoms with van der Waals surface area (Å²) in [6.45, 7) is 2.75. The van der Waals surface area contributed by atoms with Crippen LogP contribution in [-0.2, 0) is 7.05 Å². The molecule has 130 valence electrons. The van der Waals surface area contributed by atoms with Gasteiger partial charge in [0.1, 0.15) is 11.3 Å². The highest BCUT2D eigenvalue weighted by Gasteiger charge is 2.21. The fraction of sp³-hybridized carbons (Fsp3) is 0.312. The first-order chi connectivity index (χ1) is 12.0. The zero-order chi connectivity index (χ0) is 17.6. The third kappa shape index (κ3) is 2.95. The van der Waals surface area contributed by atoms with E-state index < -0.39 is 11.6 Å². The minimum atomic E-state index is -0.637. The highest BCUT2D eigenvalue weighted by molar-refractivity contribution is 7.22. The molecule has 1 fully saturated rings. The number of anilines is 2. The lowest BCUT2D eigenvalue weighted by Crippen LogP contribution is -2.47. The Labute approximate surface area is 145 Å². The summed E-state index contributed by atoms with van der Waals surface area (Å²) in [4.78, 5) is 20.2. The summed E-state index contributed by atoms with van der Waals surface area (Å²) < 4.78 is 28.9. The van der Waals surface area contributed by atoms with Crippen molar-refractivity contribution in [3.63, 3.8) is 0 Å². The molecule has 0 N–H and O–H groups in total. The highest BCUT2D eigenvalue weighted by Crippen LogP contribution is 2.31. The van der Waals surface area contributed by atoms with Crippen LogP contribution in [0.3, 0.4) is 0 Å². The number of hydrogen-bond acceptors (Lipinski definition) is 6. The van der Waals surface area contributed by atoms with Gasteiger partial charge in [0, 0.05) is 45.4 Å². The van der Waals surface area contributed by atoms with Crippen molar-refractivity contribution in [1.29, 1.82) is 0 Å². The number of fused-ring (bicyclic) bond motifs is 1. The standard InChI is InChI=1S/C16H15F2N5OS/c1-21-14(24)8-11(9-19-21)22-2-4-23(5-3-22)16-20-15-12(18)6-10(17)7-13(15)25-16/h6-9H,2-5H2,1H3. The van der Waals surface area contributed by atoms with E-state index in [2.05, 4.69) is 15.0 Å². The van der Waals surface area contributed by atoms with Crippen LogP contribution in [0.2, 0.25) is 0 Å². The molecule has 1 aliphatic heterocycles. The Morgan fingerprint density at radius 2 is 1.80 bits per heavy atom. The number of aromatic nitrogens is 3. The third-order valence-electron chi connectivity index (χ3n) is 4.27. The molecule has 3 aromatic rings. The zero-order valence-corrected chi connectivity index (χ0v) is 14.3. The van der Waals surface area contributed by atoms with Crippen LogP contribution in [-0.4, -0.2) is 40.9 Å². The molecular formula is C16H15F2N5OS. The van der Waals surface area contributed by atoms with Gasteiger partial charge in [-0.15, -0.1) is 0 Å². The lowest BCUT2D eigenvalue weighted by atomic mass is 10.3. The Morgan fingerprint density at radius 1 is 1.08 bits per heavy atom. The number of halogens is 2. The van der Waals surface area contributed by atoms with Gasteiger partial charge in [0.2, 0.25) is 0 Å². The molecule has 2 aromatic heterocycles. The van der Waals surface area contributed by atoms with Gasteiger partial charge in [0.05, 0.1) is 16.6 Å². The predicted octanol–water partition coefficient (Wildman–Crippen LogP) is 1.99. The van der Waals surface area contributed by atoms with Crippen LogP contribution in [0.4, 0.5) is 19.6 Å². The van der Waals surface area contributed by atoms with Crippen molar-refractivity contribution in [2.75, 3.05) is 36.0 Å². The quantitative estimate of drug-likeness (QED) is 0.697. The Bertz CT molecular complexity index is 994. The van der Waals surface area contributed by atoms with Crippen molar-refractivity contribution in [1.82, 2.24) is 14.8 Å².